The minimum Gasteiger partial charge on any atom is -0.462 e. The van der Waals surface area contributed by atoms with Crippen LogP contribution in [0.2, 0.25) is 0 Å². The van der Waals surface area contributed by atoms with Crippen LogP contribution in [0.3, 0.4) is 0 Å². The summed E-state index contributed by atoms with van der Waals surface area (Å²) in [7, 11) is 0. The molecule has 0 radical (unpaired) electrons. The molecule has 0 rings (SSSR count). The first-order valence-electron chi connectivity index (χ1n) is 19.7. The fourth-order valence-electron chi connectivity index (χ4n) is 5.78. The summed E-state index contributed by atoms with van der Waals surface area (Å²) in [5.41, 5.74) is 0. The van der Waals surface area contributed by atoms with E-state index in [-0.39, 0.29) is 25.2 Å². The molecule has 0 unspecified atom stereocenters. The zero-order valence-electron chi connectivity index (χ0n) is 30.1. The van der Waals surface area contributed by atoms with Crippen LogP contribution in [-0.2, 0) is 19.1 Å². The molecule has 0 fully saturated rings. The maximum absolute atomic E-state index is 12.1. The molecule has 266 valence electrons. The van der Waals surface area contributed by atoms with E-state index in [2.05, 4.69) is 26.0 Å². The lowest BCUT2D eigenvalue weighted by molar-refractivity contribution is -0.161. The van der Waals surface area contributed by atoms with Crippen molar-refractivity contribution in [2.45, 2.75) is 219 Å². The average Bonchev–Trinajstić information content (AvgIpc) is 3.04. The largest absolute Gasteiger partial charge is 0.462 e. The quantitative estimate of drug-likeness (QED) is 0.0421. The Morgan fingerprint density at radius 2 is 0.822 bits per heavy atom. The molecule has 0 saturated heterocycles. The van der Waals surface area contributed by atoms with Gasteiger partial charge in [0.25, 0.3) is 0 Å². The van der Waals surface area contributed by atoms with E-state index in [4.69, 9.17) is 9.47 Å². The van der Waals surface area contributed by atoms with Crippen molar-refractivity contribution in [3.05, 3.63) is 12.2 Å². The predicted molar refractivity (Wildman–Crippen MR) is 192 cm³/mol. The van der Waals surface area contributed by atoms with Crippen LogP contribution in [0.4, 0.5) is 0 Å². The second-order valence-electron chi connectivity index (χ2n) is 13.4. The monoisotopic (exact) mass is 637 g/mol. The number of esters is 2. The van der Waals surface area contributed by atoms with E-state index in [0.717, 1.165) is 38.5 Å². The second kappa shape index (κ2) is 37.1. The van der Waals surface area contributed by atoms with E-state index < -0.39 is 6.10 Å². The van der Waals surface area contributed by atoms with E-state index in [1.54, 1.807) is 0 Å². The Balaban J connectivity index is 3.49. The molecular weight excluding hydrogens is 560 g/mol. The molecule has 0 heterocycles. The zero-order chi connectivity index (χ0) is 32.9. The van der Waals surface area contributed by atoms with Crippen LogP contribution in [0.15, 0.2) is 12.2 Å². The van der Waals surface area contributed by atoms with Gasteiger partial charge < -0.3 is 14.6 Å². The van der Waals surface area contributed by atoms with E-state index in [1.165, 1.54) is 148 Å². The number of ether oxygens (including phenoxy) is 2. The fraction of sp³-hybridized carbons (Fsp3) is 0.900. The number of rotatable bonds is 36. The van der Waals surface area contributed by atoms with Crippen molar-refractivity contribution in [3.63, 3.8) is 0 Å². The number of hydrogen-bond acceptors (Lipinski definition) is 5. The van der Waals surface area contributed by atoms with Gasteiger partial charge >= 0.3 is 11.9 Å². The van der Waals surface area contributed by atoms with Gasteiger partial charge in [-0.25, -0.2) is 0 Å². The summed E-state index contributed by atoms with van der Waals surface area (Å²) in [6.07, 6.45) is 41.3. The number of allylic oxidation sites excluding steroid dienone is 2. The first-order chi connectivity index (χ1) is 22.1. The van der Waals surface area contributed by atoms with Gasteiger partial charge in [0, 0.05) is 12.8 Å². The summed E-state index contributed by atoms with van der Waals surface area (Å²) >= 11 is 0. The van der Waals surface area contributed by atoms with Gasteiger partial charge in [0.1, 0.15) is 6.61 Å². The van der Waals surface area contributed by atoms with Crippen LogP contribution >= 0.6 is 0 Å². The lowest BCUT2D eigenvalue weighted by Crippen LogP contribution is -2.28. The number of unbranched alkanes of at least 4 members (excludes halogenated alkanes) is 26. The molecule has 0 spiro atoms. The molecule has 0 aromatic rings. The van der Waals surface area contributed by atoms with Gasteiger partial charge in [-0.3, -0.25) is 9.59 Å². The Labute approximate surface area is 280 Å². The summed E-state index contributed by atoms with van der Waals surface area (Å²) in [6.45, 7) is 4.12. The van der Waals surface area contributed by atoms with Crippen LogP contribution in [0.5, 0.6) is 0 Å². The highest BCUT2D eigenvalue weighted by molar-refractivity contribution is 5.70. The van der Waals surface area contributed by atoms with Crippen molar-refractivity contribution in [2.75, 3.05) is 13.2 Å². The van der Waals surface area contributed by atoms with Gasteiger partial charge in [-0.2, -0.15) is 0 Å². The lowest BCUT2D eigenvalue weighted by Gasteiger charge is -2.15. The van der Waals surface area contributed by atoms with Crippen LogP contribution in [0.25, 0.3) is 0 Å². The number of carbonyl (C=O) groups excluding carboxylic acids is 2. The van der Waals surface area contributed by atoms with Crippen molar-refractivity contribution in [2.24, 2.45) is 0 Å². The normalized spacial score (nSPS) is 12.2. The third-order valence-corrected chi connectivity index (χ3v) is 8.81. The molecule has 0 aromatic carbocycles. The fourth-order valence-corrected chi connectivity index (χ4v) is 5.78. The van der Waals surface area contributed by atoms with Crippen LogP contribution < -0.4 is 0 Å². The smallest absolute Gasteiger partial charge is 0.306 e. The molecule has 5 heteroatoms. The average molecular weight is 637 g/mol. The van der Waals surface area contributed by atoms with Crippen molar-refractivity contribution < 1.29 is 24.2 Å². The molecule has 0 saturated carbocycles. The van der Waals surface area contributed by atoms with Gasteiger partial charge in [0.15, 0.2) is 6.10 Å². The summed E-state index contributed by atoms with van der Waals surface area (Å²) < 4.78 is 10.6. The Hall–Kier alpha value is -1.36. The van der Waals surface area contributed by atoms with E-state index in [9.17, 15) is 14.7 Å². The second-order valence-corrected chi connectivity index (χ2v) is 13.4. The van der Waals surface area contributed by atoms with Crippen molar-refractivity contribution in [3.8, 4) is 0 Å². The Morgan fingerprint density at radius 3 is 1.24 bits per heavy atom. The third-order valence-electron chi connectivity index (χ3n) is 8.81. The van der Waals surface area contributed by atoms with Gasteiger partial charge in [-0.15, -0.1) is 0 Å². The highest BCUT2D eigenvalue weighted by Gasteiger charge is 2.16. The van der Waals surface area contributed by atoms with Crippen molar-refractivity contribution in [1.29, 1.82) is 0 Å². The number of hydrogen-bond donors (Lipinski definition) is 1. The number of aliphatic hydroxyl groups excluding tert-OH is 1. The number of carbonyl (C=O) groups is 2. The highest BCUT2D eigenvalue weighted by atomic mass is 16.6. The van der Waals surface area contributed by atoms with Crippen molar-refractivity contribution >= 4 is 11.9 Å². The molecule has 0 bridgehead atoms. The maximum Gasteiger partial charge on any atom is 0.306 e. The first kappa shape index (κ1) is 43.6. The van der Waals surface area contributed by atoms with Crippen LogP contribution in [0.1, 0.15) is 213 Å². The van der Waals surface area contributed by atoms with Crippen LogP contribution in [-0.4, -0.2) is 36.4 Å². The Kier molecular flexibility index (Phi) is 36.0. The summed E-state index contributed by atoms with van der Waals surface area (Å²) in [5.74, 6) is -0.591. The molecule has 0 amide bonds. The molecule has 1 N–H and O–H groups in total. The Bertz CT molecular complexity index is 647. The third kappa shape index (κ3) is 35.3. The highest BCUT2D eigenvalue weighted by Crippen LogP contribution is 2.15. The molecule has 0 aliphatic rings. The summed E-state index contributed by atoms with van der Waals surface area (Å²) in [5, 5.41) is 9.53. The first-order valence-corrected chi connectivity index (χ1v) is 19.7. The van der Waals surface area contributed by atoms with Crippen LogP contribution in [0, 0.1) is 0 Å². The lowest BCUT2D eigenvalue weighted by atomic mass is 10.0. The summed E-state index contributed by atoms with van der Waals surface area (Å²) in [4.78, 5) is 24.2. The predicted octanol–water partition coefficient (Wildman–Crippen LogP) is 12.1. The van der Waals surface area contributed by atoms with E-state index >= 15 is 0 Å². The minimum absolute atomic E-state index is 0.0633. The molecular formula is C40H76O5. The standard InChI is InChI=1S/C40H76O5/c1-3-5-7-9-11-13-15-17-18-19-20-21-22-23-25-26-28-30-32-34-39(42)44-37-38(36-41)45-40(43)35-33-31-29-27-24-16-14-12-10-8-6-4-2/h12,14,38,41H,3-11,13,15-37H2,1-2H3/b14-12+/t38-/m0/s1. The minimum atomic E-state index is -0.768. The zero-order valence-corrected chi connectivity index (χ0v) is 30.1. The molecule has 0 aliphatic heterocycles. The molecule has 0 aliphatic carbocycles. The maximum atomic E-state index is 12.1. The summed E-state index contributed by atoms with van der Waals surface area (Å²) in [6, 6.07) is 0. The van der Waals surface area contributed by atoms with Gasteiger partial charge in [0.2, 0.25) is 0 Å². The molecule has 5 nitrogen and oxygen atoms in total. The van der Waals surface area contributed by atoms with Gasteiger partial charge in [0.05, 0.1) is 6.61 Å². The van der Waals surface area contributed by atoms with Gasteiger partial charge in [-0.1, -0.05) is 174 Å². The molecule has 0 aromatic heterocycles. The number of aliphatic hydroxyl groups is 1. The SMILES string of the molecule is CCCCC/C=C/CCCCCCCC(=O)O[C@@H](CO)COC(=O)CCCCCCCCCCCCCCCCCCCCC. The van der Waals surface area contributed by atoms with Crippen molar-refractivity contribution in [1.82, 2.24) is 0 Å². The van der Waals surface area contributed by atoms with Gasteiger partial charge in [-0.05, 0) is 38.5 Å². The molecule has 45 heavy (non-hydrogen) atoms. The topological polar surface area (TPSA) is 72.8 Å². The van der Waals surface area contributed by atoms with E-state index in [0.29, 0.717) is 12.8 Å². The molecule has 1 atom stereocenters. The Morgan fingerprint density at radius 1 is 0.489 bits per heavy atom. The van der Waals surface area contributed by atoms with E-state index in [1.807, 2.05) is 0 Å².